The molecular weight excluding hydrogens is 380 g/mol. The van der Waals surface area contributed by atoms with Crippen LogP contribution in [0, 0.1) is 5.92 Å². The van der Waals surface area contributed by atoms with Gasteiger partial charge in [0.25, 0.3) is 5.91 Å². The number of nitrogens with zero attached hydrogens (tertiary/aromatic N) is 1. The molecule has 0 bridgehead atoms. The van der Waals surface area contributed by atoms with Gasteiger partial charge in [0.15, 0.2) is 6.61 Å². The van der Waals surface area contributed by atoms with E-state index in [4.69, 9.17) is 9.47 Å². The van der Waals surface area contributed by atoms with E-state index in [2.05, 4.69) is 17.2 Å². The summed E-state index contributed by atoms with van der Waals surface area (Å²) in [7, 11) is 0. The van der Waals surface area contributed by atoms with E-state index in [0.717, 1.165) is 29.7 Å². The number of esters is 2. The molecule has 1 aliphatic carbocycles. The Morgan fingerprint density at radius 3 is 2.68 bits per heavy atom. The van der Waals surface area contributed by atoms with Crippen LogP contribution >= 0.6 is 11.3 Å². The molecule has 2 aromatic heterocycles. The van der Waals surface area contributed by atoms with Gasteiger partial charge in [-0.2, -0.15) is 0 Å². The maximum absolute atomic E-state index is 12.5. The molecule has 0 saturated carbocycles. The van der Waals surface area contributed by atoms with Gasteiger partial charge in [-0.3, -0.25) is 9.78 Å². The van der Waals surface area contributed by atoms with E-state index in [1.54, 1.807) is 6.92 Å². The Hall–Kier alpha value is -2.74. The van der Waals surface area contributed by atoms with Crippen molar-refractivity contribution in [3.63, 3.8) is 0 Å². The number of ether oxygens (including phenoxy) is 2. The first-order valence-corrected chi connectivity index (χ1v) is 9.99. The molecule has 28 heavy (non-hydrogen) atoms. The lowest BCUT2D eigenvalue weighted by Crippen LogP contribution is -2.22. The van der Waals surface area contributed by atoms with Gasteiger partial charge < -0.3 is 14.8 Å². The molecular formula is C20H22N2O5S. The molecule has 0 unspecified atom stereocenters. The summed E-state index contributed by atoms with van der Waals surface area (Å²) in [4.78, 5) is 41.7. The van der Waals surface area contributed by atoms with E-state index in [1.165, 1.54) is 35.9 Å². The van der Waals surface area contributed by atoms with Gasteiger partial charge >= 0.3 is 11.9 Å². The Balaban J connectivity index is 1.71. The third-order valence-corrected chi connectivity index (χ3v) is 5.66. The number of aromatic nitrogens is 1. The van der Waals surface area contributed by atoms with Gasteiger partial charge in [-0.05, 0) is 49.8 Å². The van der Waals surface area contributed by atoms with Crippen molar-refractivity contribution in [1.82, 2.24) is 4.98 Å². The first kappa shape index (κ1) is 20.0. The van der Waals surface area contributed by atoms with Gasteiger partial charge in [-0.25, -0.2) is 9.59 Å². The molecule has 3 rings (SSSR count). The lowest BCUT2D eigenvalue weighted by molar-refractivity contribution is -0.119. The summed E-state index contributed by atoms with van der Waals surface area (Å²) in [5.41, 5.74) is 1.71. The second kappa shape index (κ2) is 8.97. The molecule has 2 aromatic rings. The zero-order chi connectivity index (χ0) is 20.1. The molecule has 0 radical (unpaired) electrons. The van der Waals surface area contributed by atoms with Crippen molar-refractivity contribution in [3.8, 4) is 0 Å². The SMILES string of the molecule is CCOC(=O)c1c(NC(=O)COC(=O)c2ccncc2)sc2c1CC[C@H](C)C2. The van der Waals surface area contributed by atoms with Gasteiger partial charge in [0.05, 0.1) is 17.7 Å². The highest BCUT2D eigenvalue weighted by Gasteiger charge is 2.29. The van der Waals surface area contributed by atoms with Crippen LogP contribution in [0.1, 0.15) is 51.4 Å². The fourth-order valence-corrected chi connectivity index (χ4v) is 4.54. The van der Waals surface area contributed by atoms with Crippen molar-refractivity contribution in [2.45, 2.75) is 33.1 Å². The molecule has 1 amide bonds. The van der Waals surface area contributed by atoms with Gasteiger partial charge in [-0.15, -0.1) is 11.3 Å². The normalized spacial score (nSPS) is 15.4. The van der Waals surface area contributed by atoms with E-state index in [9.17, 15) is 14.4 Å². The molecule has 8 heteroatoms. The number of nitrogens with one attached hydrogen (secondary N) is 1. The van der Waals surface area contributed by atoms with Crippen molar-refractivity contribution < 1.29 is 23.9 Å². The van der Waals surface area contributed by atoms with Crippen LogP contribution in [0.25, 0.3) is 0 Å². The average molecular weight is 402 g/mol. The van der Waals surface area contributed by atoms with Gasteiger partial charge in [-0.1, -0.05) is 6.92 Å². The fourth-order valence-electron chi connectivity index (χ4n) is 3.12. The minimum atomic E-state index is -0.609. The number of amides is 1. The number of rotatable bonds is 6. The van der Waals surface area contributed by atoms with E-state index in [1.807, 2.05) is 0 Å². The van der Waals surface area contributed by atoms with Crippen LogP contribution < -0.4 is 5.32 Å². The molecule has 2 heterocycles. The highest BCUT2D eigenvalue weighted by atomic mass is 32.1. The Morgan fingerprint density at radius 1 is 1.21 bits per heavy atom. The lowest BCUT2D eigenvalue weighted by atomic mass is 9.88. The number of hydrogen-bond donors (Lipinski definition) is 1. The number of thiophene rings is 1. The zero-order valence-corrected chi connectivity index (χ0v) is 16.6. The predicted octanol–water partition coefficient (Wildman–Crippen LogP) is 3.24. The van der Waals surface area contributed by atoms with Crippen LogP contribution in [0.3, 0.4) is 0 Å². The van der Waals surface area contributed by atoms with Crippen LogP contribution in [0.2, 0.25) is 0 Å². The molecule has 1 aliphatic rings. The third-order valence-electron chi connectivity index (χ3n) is 4.49. The standard InChI is InChI=1S/C20H22N2O5S/c1-3-26-20(25)17-14-5-4-12(2)10-15(14)28-18(17)22-16(23)11-27-19(24)13-6-8-21-9-7-13/h6-9,12H,3-5,10-11H2,1-2H3,(H,22,23)/t12-/m0/s1. The second-order valence-electron chi connectivity index (χ2n) is 6.64. The van der Waals surface area contributed by atoms with Crippen LogP contribution in [0.4, 0.5) is 5.00 Å². The number of pyridine rings is 1. The molecule has 7 nitrogen and oxygen atoms in total. The molecule has 1 N–H and O–H groups in total. The maximum atomic E-state index is 12.5. The summed E-state index contributed by atoms with van der Waals surface area (Å²) in [5, 5.41) is 3.18. The summed E-state index contributed by atoms with van der Waals surface area (Å²) in [5.74, 6) is -1.01. The summed E-state index contributed by atoms with van der Waals surface area (Å²) < 4.78 is 10.2. The van der Waals surface area contributed by atoms with E-state index in [0.29, 0.717) is 22.0 Å². The van der Waals surface area contributed by atoms with Gasteiger partial charge in [0.1, 0.15) is 5.00 Å². The Kier molecular flexibility index (Phi) is 6.41. The van der Waals surface area contributed by atoms with E-state index in [-0.39, 0.29) is 6.61 Å². The highest BCUT2D eigenvalue weighted by Crippen LogP contribution is 2.40. The van der Waals surface area contributed by atoms with Crippen molar-refractivity contribution in [2.24, 2.45) is 5.92 Å². The number of carbonyl (C=O) groups is 3. The minimum absolute atomic E-state index is 0.261. The quantitative estimate of drug-likeness (QED) is 0.746. The van der Waals surface area contributed by atoms with Crippen molar-refractivity contribution in [3.05, 3.63) is 46.1 Å². The molecule has 148 valence electrons. The van der Waals surface area contributed by atoms with Crippen LogP contribution in [0.15, 0.2) is 24.5 Å². The number of carbonyl (C=O) groups excluding carboxylic acids is 3. The van der Waals surface area contributed by atoms with Crippen LogP contribution in [0.5, 0.6) is 0 Å². The minimum Gasteiger partial charge on any atom is -0.462 e. The lowest BCUT2D eigenvalue weighted by Gasteiger charge is -2.18. The van der Waals surface area contributed by atoms with E-state index >= 15 is 0 Å². The van der Waals surface area contributed by atoms with Gasteiger partial charge in [0.2, 0.25) is 0 Å². The first-order chi connectivity index (χ1) is 13.5. The highest BCUT2D eigenvalue weighted by molar-refractivity contribution is 7.17. The summed E-state index contributed by atoms with van der Waals surface area (Å²) in [6.45, 7) is 3.73. The molecule has 0 fully saturated rings. The smallest absolute Gasteiger partial charge is 0.341 e. The third kappa shape index (κ3) is 4.56. The largest absolute Gasteiger partial charge is 0.462 e. The zero-order valence-electron chi connectivity index (χ0n) is 15.8. The number of fused-ring (bicyclic) bond motifs is 1. The average Bonchev–Trinajstić information content (AvgIpc) is 3.03. The number of hydrogen-bond acceptors (Lipinski definition) is 7. The van der Waals surface area contributed by atoms with Crippen molar-refractivity contribution in [1.29, 1.82) is 0 Å². The predicted molar refractivity (Wildman–Crippen MR) is 105 cm³/mol. The summed E-state index contributed by atoms with van der Waals surface area (Å²) >= 11 is 1.40. The molecule has 0 aromatic carbocycles. The topological polar surface area (TPSA) is 94.6 Å². The Labute approximate surface area is 167 Å². The van der Waals surface area contributed by atoms with E-state index < -0.39 is 24.5 Å². The summed E-state index contributed by atoms with van der Waals surface area (Å²) in [6.07, 6.45) is 5.60. The molecule has 1 atom stereocenters. The van der Waals surface area contributed by atoms with Crippen LogP contribution in [-0.4, -0.2) is 36.0 Å². The van der Waals surface area contributed by atoms with Crippen molar-refractivity contribution >= 4 is 34.2 Å². The Bertz CT molecular complexity index is 878. The fraction of sp³-hybridized carbons (Fsp3) is 0.400. The molecule has 0 aliphatic heterocycles. The van der Waals surface area contributed by atoms with Crippen molar-refractivity contribution in [2.75, 3.05) is 18.5 Å². The molecule has 0 spiro atoms. The van der Waals surface area contributed by atoms with Gasteiger partial charge in [0, 0.05) is 17.3 Å². The Morgan fingerprint density at radius 2 is 1.96 bits per heavy atom. The maximum Gasteiger partial charge on any atom is 0.341 e. The molecule has 0 saturated heterocycles. The van der Waals surface area contributed by atoms with Crippen LogP contribution in [-0.2, 0) is 27.1 Å². The first-order valence-electron chi connectivity index (χ1n) is 9.18. The second-order valence-corrected chi connectivity index (χ2v) is 7.74. The number of anilines is 1. The monoisotopic (exact) mass is 402 g/mol. The summed E-state index contributed by atoms with van der Waals surface area (Å²) in [6, 6.07) is 3.02.